The zero-order valence-corrected chi connectivity index (χ0v) is 33.1. The molecule has 0 spiro atoms. The molecule has 1 atom stereocenters. The molecule has 2 aliphatic heterocycles. The number of unbranched alkanes of at least 4 members (excludes halogenated alkanes) is 1. The Morgan fingerprint density at radius 3 is 2.29 bits per heavy atom. The molecule has 15 nitrogen and oxygen atoms in total. The summed E-state index contributed by atoms with van der Waals surface area (Å²) in [6.45, 7) is 3.21. The number of ether oxygens (including phenoxy) is 2. The van der Waals surface area contributed by atoms with Crippen molar-refractivity contribution in [2.45, 2.75) is 51.1 Å². The van der Waals surface area contributed by atoms with Crippen LogP contribution in [0.3, 0.4) is 0 Å². The van der Waals surface area contributed by atoms with Crippen LogP contribution in [0, 0.1) is 0 Å². The third-order valence-electron chi connectivity index (χ3n) is 10.2. The molecule has 306 valence electrons. The van der Waals surface area contributed by atoms with Gasteiger partial charge in [0.15, 0.2) is 0 Å². The Morgan fingerprint density at radius 2 is 1.49 bits per heavy atom. The van der Waals surface area contributed by atoms with E-state index in [1.165, 1.54) is 8.52 Å². The van der Waals surface area contributed by atoms with Gasteiger partial charge in [0.2, 0.25) is 11.8 Å². The fourth-order valence-corrected chi connectivity index (χ4v) is 7.96. The maximum Gasteiger partial charge on any atom is 0.346 e. The van der Waals surface area contributed by atoms with E-state index in [0.29, 0.717) is 62.9 Å². The third-order valence-corrected chi connectivity index (χ3v) is 11.1. The van der Waals surface area contributed by atoms with Crippen LogP contribution in [-0.4, -0.2) is 88.5 Å². The highest BCUT2D eigenvalue weighted by atomic mass is 32.1. The Bertz CT molecular complexity index is 2490. The SMILES string of the molecule is O=C1CCC(N2C(=O)c3cccc(NCCCOCCCOCCCCNC(=O)c4ccc(Cn5c(=O)sn(-c6cccc7ccccc67)c5=O)cc4)c3C2=O)C(=O)N1. The van der Waals surface area contributed by atoms with Crippen LogP contribution in [0.25, 0.3) is 16.5 Å². The number of imide groups is 2. The van der Waals surface area contributed by atoms with Crippen molar-refractivity contribution in [1.29, 1.82) is 0 Å². The third kappa shape index (κ3) is 9.40. The average Bonchev–Trinajstić information content (AvgIpc) is 3.67. The minimum absolute atomic E-state index is 0.0636. The molecule has 0 radical (unpaired) electrons. The standard InChI is InChI=1S/C43H44N6O9S/c50-36-20-19-35(39(52)46-36)48-40(53)32-12-6-13-33(37(32)41(48)54)44-22-7-24-58-26-8-25-57-23-4-3-21-45-38(51)30-17-15-28(16-18-30)27-47-42(55)49(59-43(47)56)34-14-5-10-29-9-1-2-11-31(29)34/h1-2,5-6,9-18,35,44H,3-4,7-8,19-27H2,(H,45,51)(H,46,50,52). The van der Waals surface area contributed by atoms with Gasteiger partial charge >= 0.3 is 10.6 Å². The second-order valence-corrected chi connectivity index (χ2v) is 15.1. The highest BCUT2D eigenvalue weighted by Gasteiger charge is 2.45. The zero-order valence-electron chi connectivity index (χ0n) is 32.3. The van der Waals surface area contributed by atoms with Crippen molar-refractivity contribution < 1.29 is 33.4 Å². The lowest BCUT2D eigenvalue weighted by atomic mass is 10.0. The van der Waals surface area contributed by atoms with Gasteiger partial charge < -0.3 is 20.1 Å². The molecule has 3 N–H and O–H groups in total. The Morgan fingerprint density at radius 1 is 0.763 bits per heavy atom. The van der Waals surface area contributed by atoms with E-state index in [-0.39, 0.29) is 41.3 Å². The van der Waals surface area contributed by atoms with Crippen LogP contribution in [0.15, 0.2) is 94.5 Å². The topological polar surface area (TPSA) is 187 Å². The summed E-state index contributed by atoms with van der Waals surface area (Å²) < 4.78 is 14.0. The van der Waals surface area contributed by atoms with Gasteiger partial charge in [-0.15, -0.1) is 0 Å². The number of anilines is 1. The van der Waals surface area contributed by atoms with E-state index >= 15 is 0 Å². The second-order valence-electron chi connectivity index (χ2n) is 14.2. The Kier molecular flexibility index (Phi) is 13.2. The van der Waals surface area contributed by atoms with Gasteiger partial charge in [0.25, 0.3) is 17.7 Å². The number of hydrogen-bond donors (Lipinski definition) is 3. The number of hydrogen-bond acceptors (Lipinski definition) is 11. The fourth-order valence-electron chi connectivity index (χ4n) is 7.13. The fraction of sp³-hybridized carbons (Fsp3) is 0.326. The molecule has 0 bridgehead atoms. The maximum absolute atomic E-state index is 13.3. The lowest BCUT2D eigenvalue weighted by Crippen LogP contribution is -2.54. The first-order chi connectivity index (χ1) is 28.7. The lowest BCUT2D eigenvalue weighted by molar-refractivity contribution is -0.136. The first-order valence-corrected chi connectivity index (χ1v) is 20.4. The molecule has 5 amide bonds. The molecule has 0 saturated carbocycles. The minimum Gasteiger partial charge on any atom is -0.384 e. The van der Waals surface area contributed by atoms with Gasteiger partial charge in [0.05, 0.1) is 23.4 Å². The number of piperidine rings is 1. The molecule has 2 aliphatic rings. The van der Waals surface area contributed by atoms with E-state index < -0.39 is 35.4 Å². The average molecular weight is 821 g/mol. The van der Waals surface area contributed by atoms with Crippen LogP contribution in [0.5, 0.6) is 0 Å². The van der Waals surface area contributed by atoms with Crippen molar-refractivity contribution in [3.63, 3.8) is 0 Å². The van der Waals surface area contributed by atoms with E-state index in [4.69, 9.17) is 9.47 Å². The molecule has 7 rings (SSSR count). The van der Waals surface area contributed by atoms with Gasteiger partial charge in [-0.05, 0) is 73.4 Å². The molecule has 1 fully saturated rings. The number of carbonyl (C=O) groups is 5. The molecule has 59 heavy (non-hydrogen) atoms. The monoisotopic (exact) mass is 820 g/mol. The molecule has 16 heteroatoms. The summed E-state index contributed by atoms with van der Waals surface area (Å²) in [5.74, 6) is -2.36. The van der Waals surface area contributed by atoms with Crippen molar-refractivity contribution in [3.8, 4) is 5.69 Å². The second kappa shape index (κ2) is 19.0. The molecule has 5 aromatic rings. The highest BCUT2D eigenvalue weighted by molar-refractivity contribution is 7.04. The van der Waals surface area contributed by atoms with Gasteiger partial charge in [-0.1, -0.05) is 54.6 Å². The smallest absolute Gasteiger partial charge is 0.346 e. The highest BCUT2D eigenvalue weighted by Crippen LogP contribution is 2.32. The van der Waals surface area contributed by atoms with E-state index in [1.54, 1.807) is 42.5 Å². The van der Waals surface area contributed by atoms with Gasteiger partial charge in [0, 0.05) is 74.1 Å². The van der Waals surface area contributed by atoms with Crippen LogP contribution in [0.4, 0.5) is 5.69 Å². The number of aromatic nitrogens is 2. The summed E-state index contributed by atoms with van der Waals surface area (Å²) in [6.07, 6.45) is 3.07. The molecular formula is C43H44N6O9S. The van der Waals surface area contributed by atoms with Gasteiger partial charge in [0.1, 0.15) is 6.04 Å². The summed E-state index contributed by atoms with van der Waals surface area (Å²) in [7, 11) is 0. The van der Waals surface area contributed by atoms with Crippen molar-refractivity contribution in [1.82, 2.24) is 24.1 Å². The number of rotatable bonds is 19. The molecule has 1 unspecified atom stereocenters. The number of fused-ring (bicyclic) bond motifs is 2. The van der Waals surface area contributed by atoms with Crippen LogP contribution < -0.4 is 26.5 Å². The number of benzene rings is 4. The molecule has 1 saturated heterocycles. The largest absolute Gasteiger partial charge is 0.384 e. The Labute approximate surface area is 343 Å². The molecule has 3 heterocycles. The van der Waals surface area contributed by atoms with E-state index in [0.717, 1.165) is 52.0 Å². The summed E-state index contributed by atoms with van der Waals surface area (Å²) in [5, 5.41) is 10.2. The summed E-state index contributed by atoms with van der Waals surface area (Å²) in [6, 6.07) is 24.2. The molecule has 4 aromatic carbocycles. The van der Waals surface area contributed by atoms with Crippen molar-refractivity contribution in [2.24, 2.45) is 0 Å². The Hall–Kier alpha value is -6.23. The van der Waals surface area contributed by atoms with Gasteiger partial charge in [-0.25, -0.2) is 13.3 Å². The van der Waals surface area contributed by atoms with Crippen molar-refractivity contribution in [3.05, 3.63) is 127 Å². The van der Waals surface area contributed by atoms with E-state index in [2.05, 4.69) is 16.0 Å². The summed E-state index contributed by atoms with van der Waals surface area (Å²) in [4.78, 5) is 89.5. The molecule has 1 aromatic heterocycles. The normalized spacial score (nSPS) is 15.1. The summed E-state index contributed by atoms with van der Waals surface area (Å²) >= 11 is 0.867. The lowest BCUT2D eigenvalue weighted by Gasteiger charge is -2.27. The predicted octanol–water partition coefficient (Wildman–Crippen LogP) is 4.10. The van der Waals surface area contributed by atoms with Crippen LogP contribution in [0.1, 0.15) is 75.2 Å². The van der Waals surface area contributed by atoms with Crippen LogP contribution in [0.2, 0.25) is 0 Å². The molecule has 0 aliphatic carbocycles. The van der Waals surface area contributed by atoms with E-state index in [9.17, 15) is 33.6 Å². The van der Waals surface area contributed by atoms with Gasteiger partial charge in [-0.3, -0.25) is 39.0 Å². The maximum atomic E-state index is 13.3. The minimum atomic E-state index is -1.01. The first kappa shape index (κ1) is 40.9. The van der Waals surface area contributed by atoms with Crippen molar-refractivity contribution in [2.75, 3.05) is 44.8 Å². The predicted molar refractivity (Wildman–Crippen MR) is 221 cm³/mol. The zero-order chi connectivity index (χ0) is 41.3. The summed E-state index contributed by atoms with van der Waals surface area (Å²) in [5.41, 5.74) is 2.44. The number of amides is 5. The number of carbonyl (C=O) groups excluding carboxylic acids is 5. The van der Waals surface area contributed by atoms with Gasteiger partial charge in [-0.2, -0.15) is 0 Å². The van der Waals surface area contributed by atoms with Crippen LogP contribution in [-0.2, 0) is 25.6 Å². The van der Waals surface area contributed by atoms with Crippen molar-refractivity contribution >= 4 is 57.5 Å². The number of nitrogens with one attached hydrogen (secondary N) is 3. The van der Waals surface area contributed by atoms with E-state index in [1.807, 2.05) is 42.5 Å². The first-order valence-electron chi connectivity index (χ1n) is 19.6. The quantitative estimate of drug-likeness (QED) is 0.0809. The Balaban J connectivity index is 0.736. The molecular weight excluding hydrogens is 777 g/mol. The van der Waals surface area contributed by atoms with Crippen LogP contribution >= 0.6 is 11.5 Å². The number of nitrogens with zero attached hydrogens (tertiary/aromatic N) is 3.